The molecule has 86 valence electrons. The van der Waals surface area contributed by atoms with E-state index in [0.717, 1.165) is 34.8 Å². The molecule has 0 unspecified atom stereocenters. The molecule has 0 spiro atoms. The van der Waals surface area contributed by atoms with Gasteiger partial charge >= 0.3 is 6.03 Å². The molecule has 1 heterocycles. The summed E-state index contributed by atoms with van der Waals surface area (Å²) < 4.78 is 1.01. The number of halogens is 1. The van der Waals surface area contributed by atoms with Crippen molar-refractivity contribution in [3.63, 3.8) is 0 Å². The Morgan fingerprint density at radius 2 is 1.88 bits per heavy atom. The van der Waals surface area contributed by atoms with Gasteiger partial charge in [0.05, 0.1) is 0 Å². The minimum absolute atomic E-state index is 0.00243. The van der Waals surface area contributed by atoms with E-state index in [1.165, 1.54) is 0 Å². The third-order valence-corrected chi connectivity index (χ3v) is 3.86. The van der Waals surface area contributed by atoms with Gasteiger partial charge in [0.25, 0.3) is 0 Å². The molecule has 1 N–H and O–H groups in total. The monoisotopic (exact) mass is 300 g/mol. The van der Waals surface area contributed by atoms with E-state index in [-0.39, 0.29) is 6.03 Å². The average Bonchev–Trinajstić information content (AvgIpc) is 2.33. The Morgan fingerprint density at radius 1 is 1.25 bits per heavy atom. The van der Waals surface area contributed by atoms with Gasteiger partial charge in [-0.15, -0.1) is 0 Å². The molecule has 1 fully saturated rings. The van der Waals surface area contributed by atoms with Crippen molar-refractivity contribution in [2.75, 3.05) is 29.9 Å². The number of urea groups is 1. The number of carbonyl (C=O) groups is 1. The van der Waals surface area contributed by atoms with Crippen LogP contribution < -0.4 is 5.32 Å². The van der Waals surface area contributed by atoms with E-state index in [1.54, 1.807) is 0 Å². The first kappa shape index (κ1) is 11.8. The Bertz CT molecular complexity index is 363. The highest BCUT2D eigenvalue weighted by Crippen LogP contribution is 2.15. The van der Waals surface area contributed by atoms with Crippen LogP contribution in [0.25, 0.3) is 0 Å². The number of benzene rings is 1. The summed E-state index contributed by atoms with van der Waals surface area (Å²) in [5.74, 6) is 2.07. The summed E-state index contributed by atoms with van der Waals surface area (Å²) >= 11 is 5.26. The lowest BCUT2D eigenvalue weighted by atomic mass is 10.3. The van der Waals surface area contributed by atoms with E-state index in [1.807, 2.05) is 40.9 Å². The third-order valence-electron chi connectivity index (χ3n) is 2.39. The number of thioether (sulfide) groups is 1. The van der Waals surface area contributed by atoms with Crippen molar-refractivity contribution in [1.82, 2.24) is 4.90 Å². The summed E-state index contributed by atoms with van der Waals surface area (Å²) in [6, 6.07) is 7.62. The lowest BCUT2D eigenvalue weighted by Gasteiger charge is -2.26. The van der Waals surface area contributed by atoms with Crippen LogP contribution in [0, 0.1) is 0 Å². The van der Waals surface area contributed by atoms with Gasteiger partial charge in [-0.05, 0) is 24.3 Å². The maximum absolute atomic E-state index is 11.8. The molecule has 0 atom stereocenters. The zero-order valence-corrected chi connectivity index (χ0v) is 11.2. The summed E-state index contributed by atoms with van der Waals surface area (Å²) in [7, 11) is 0. The number of anilines is 1. The Labute approximate surface area is 108 Å². The highest BCUT2D eigenvalue weighted by molar-refractivity contribution is 9.10. The Morgan fingerprint density at radius 3 is 2.50 bits per heavy atom. The first-order valence-electron chi connectivity index (χ1n) is 5.15. The van der Waals surface area contributed by atoms with Gasteiger partial charge in [-0.2, -0.15) is 11.8 Å². The molecule has 1 aromatic carbocycles. The molecular formula is C11H13BrN2OS. The molecule has 0 aromatic heterocycles. The van der Waals surface area contributed by atoms with Crippen molar-refractivity contribution in [3.05, 3.63) is 28.7 Å². The summed E-state index contributed by atoms with van der Waals surface area (Å²) in [6.45, 7) is 1.68. The predicted octanol–water partition coefficient (Wildman–Crippen LogP) is 3.03. The number of hydrogen-bond donors (Lipinski definition) is 1. The van der Waals surface area contributed by atoms with E-state index in [2.05, 4.69) is 21.2 Å². The van der Waals surface area contributed by atoms with Gasteiger partial charge in [-0.3, -0.25) is 0 Å². The van der Waals surface area contributed by atoms with Gasteiger partial charge in [-0.1, -0.05) is 15.9 Å². The highest BCUT2D eigenvalue weighted by atomic mass is 79.9. The van der Waals surface area contributed by atoms with E-state index < -0.39 is 0 Å². The fourth-order valence-corrected chi connectivity index (χ4v) is 2.67. The van der Waals surface area contributed by atoms with Crippen molar-refractivity contribution in [2.45, 2.75) is 0 Å². The molecule has 2 amide bonds. The van der Waals surface area contributed by atoms with Crippen LogP contribution in [0.3, 0.4) is 0 Å². The van der Waals surface area contributed by atoms with Gasteiger partial charge in [0, 0.05) is 34.8 Å². The molecule has 0 radical (unpaired) electrons. The van der Waals surface area contributed by atoms with Crippen LogP contribution in [-0.2, 0) is 0 Å². The first-order valence-corrected chi connectivity index (χ1v) is 7.10. The lowest BCUT2D eigenvalue weighted by molar-refractivity contribution is 0.217. The maximum Gasteiger partial charge on any atom is 0.321 e. The lowest BCUT2D eigenvalue weighted by Crippen LogP contribution is -2.40. The van der Waals surface area contributed by atoms with Crippen LogP contribution in [-0.4, -0.2) is 35.5 Å². The van der Waals surface area contributed by atoms with Crippen molar-refractivity contribution >= 4 is 39.4 Å². The molecular weight excluding hydrogens is 288 g/mol. The second kappa shape index (κ2) is 5.59. The van der Waals surface area contributed by atoms with Crippen molar-refractivity contribution < 1.29 is 4.79 Å². The quantitative estimate of drug-likeness (QED) is 0.865. The highest BCUT2D eigenvalue weighted by Gasteiger charge is 2.16. The SMILES string of the molecule is O=C(Nc1ccc(Br)cc1)N1CCSCC1. The number of rotatable bonds is 1. The van der Waals surface area contributed by atoms with E-state index in [0.29, 0.717) is 0 Å². The molecule has 5 heteroatoms. The molecule has 0 aliphatic carbocycles. The zero-order valence-electron chi connectivity index (χ0n) is 8.78. The van der Waals surface area contributed by atoms with Crippen LogP contribution >= 0.6 is 27.7 Å². The number of carbonyl (C=O) groups excluding carboxylic acids is 1. The molecule has 2 rings (SSSR count). The van der Waals surface area contributed by atoms with Crippen LogP contribution in [0.15, 0.2) is 28.7 Å². The Balaban J connectivity index is 1.93. The van der Waals surface area contributed by atoms with E-state index in [4.69, 9.17) is 0 Å². The number of amides is 2. The minimum Gasteiger partial charge on any atom is -0.323 e. The molecule has 1 aliphatic rings. The van der Waals surface area contributed by atoms with Gasteiger partial charge in [0.1, 0.15) is 0 Å². The van der Waals surface area contributed by atoms with Crippen LogP contribution in [0.2, 0.25) is 0 Å². The van der Waals surface area contributed by atoms with Gasteiger partial charge in [0.2, 0.25) is 0 Å². The number of hydrogen-bond acceptors (Lipinski definition) is 2. The van der Waals surface area contributed by atoms with E-state index in [9.17, 15) is 4.79 Å². The molecule has 16 heavy (non-hydrogen) atoms. The second-order valence-corrected chi connectivity index (χ2v) is 5.68. The van der Waals surface area contributed by atoms with Crippen molar-refractivity contribution in [1.29, 1.82) is 0 Å². The zero-order chi connectivity index (χ0) is 11.4. The summed E-state index contributed by atoms with van der Waals surface area (Å²) in [5, 5.41) is 2.90. The number of nitrogens with one attached hydrogen (secondary N) is 1. The Kier molecular flexibility index (Phi) is 4.12. The molecule has 1 aliphatic heterocycles. The van der Waals surface area contributed by atoms with Crippen molar-refractivity contribution in [2.24, 2.45) is 0 Å². The largest absolute Gasteiger partial charge is 0.323 e. The summed E-state index contributed by atoms with van der Waals surface area (Å²) in [6.07, 6.45) is 0. The minimum atomic E-state index is 0.00243. The number of nitrogens with zero attached hydrogens (tertiary/aromatic N) is 1. The fraction of sp³-hybridized carbons (Fsp3) is 0.364. The van der Waals surface area contributed by atoms with Gasteiger partial charge in [-0.25, -0.2) is 4.79 Å². The molecule has 0 bridgehead atoms. The molecule has 1 saturated heterocycles. The summed E-state index contributed by atoms with van der Waals surface area (Å²) in [5.41, 5.74) is 0.839. The maximum atomic E-state index is 11.8. The van der Waals surface area contributed by atoms with E-state index >= 15 is 0 Å². The average molecular weight is 301 g/mol. The van der Waals surface area contributed by atoms with Gasteiger partial charge in [0.15, 0.2) is 0 Å². The molecule has 1 aromatic rings. The molecule has 0 saturated carbocycles. The van der Waals surface area contributed by atoms with Gasteiger partial charge < -0.3 is 10.2 Å². The van der Waals surface area contributed by atoms with Crippen LogP contribution in [0.1, 0.15) is 0 Å². The van der Waals surface area contributed by atoms with Crippen LogP contribution in [0.4, 0.5) is 10.5 Å². The smallest absolute Gasteiger partial charge is 0.321 e. The van der Waals surface area contributed by atoms with Crippen molar-refractivity contribution in [3.8, 4) is 0 Å². The summed E-state index contributed by atoms with van der Waals surface area (Å²) in [4.78, 5) is 13.7. The standard InChI is InChI=1S/C11H13BrN2OS/c12-9-1-3-10(4-2-9)13-11(15)14-5-7-16-8-6-14/h1-4H,5-8H2,(H,13,15). The molecule has 3 nitrogen and oxygen atoms in total. The third kappa shape index (κ3) is 3.15. The normalized spacial score (nSPS) is 15.9. The first-order chi connectivity index (χ1) is 7.75. The second-order valence-electron chi connectivity index (χ2n) is 3.54. The van der Waals surface area contributed by atoms with Crippen LogP contribution in [0.5, 0.6) is 0 Å². The fourth-order valence-electron chi connectivity index (χ4n) is 1.50. The Hall–Kier alpha value is -0.680. The topological polar surface area (TPSA) is 32.3 Å². The predicted molar refractivity (Wildman–Crippen MR) is 72.1 cm³/mol.